The number of pyridine rings is 1. The molecule has 0 unspecified atom stereocenters. The summed E-state index contributed by atoms with van der Waals surface area (Å²) in [5, 5.41) is 16.7. The Morgan fingerprint density at radius 3 is 2.35 bits per heavy atom. The Bertz CT molecular complexity index is 1320. The number of aromatic nitrogens is 1. The number of benzene rings is 3. The van der Waals surface area contributed by atoms with E-state index < -0.39 is 10.8 Å². The Morgan fingerprint density at radius 1 is 0.968 bits per heavy atom. The molecular weight excluding hydrogens is 416 g/mol. The molecule has 4 aromatic rings. The molecule has 7 nitrogen and oxygen atoms in total. The lowest BCUT2D eigenvalue weighted by atomic mass is 9.97. The number of carbonyl (C=O) groups excluding carboxylic acids is 1. The molecule has 3 aromatic carbocycles. The number of halogens is 1. The standard InChI is InChI=1S/C23H15ClN4O3/c24-22-18-12-6-5-11-17(18)20(15-8-2-1-3-9-15)21(26-22)23(29)27-25-14-16-10-4-7-13-19(16)28(30)31/h1-14H,(H,27,29)/b25-14+. The summed E-state index contributed by atoms with van der Waals surface area (Å²) in [6, 6.07) is 22.9. The minimum Gasteiger partial charge on any atom is -0.266 e. The van der Waals surface area contributed by atoms with Gasteiger partial charge in [0, 0.05) is 17.0 Å². The van der Waals surface area contributed by atoms with Crippen LogP contribution in [0.1, 0.15) is 16.1 Å². The molecule has 0 spiro atoms. The van der Waals surface area contributed by atoms with E-state index in [4.69, 9.17) is 11.6 Å². The van der Waals surface area contributed by atoms with E-state index in [1.165, 1.54) is 18.3 Å². The maximum atomic E-state index is 13.0. The first kappa shape index (κ1) is 20.2. The van der Waals surface area contributed by atoms with E-state index >= 15 is 0 Å². The van der Waals surface area contributed by atoms with Crippen molar-refractivity contribution in [2.45, 2.75) is 0 Å². The summed E-state index contributed by atoms with van der Waals surface area (Å²) < 4.78 is 0. The van der Waals surface area contributed by atoms with Gasteiger partial charge in [-0.05, 0) is 17.0 Å². The Balaban J connectivity index is 1.74. The second kappa shape index (κ2) is 8.73. The fraction of sp³-hybridized carbons (Fsp3) is 0. The number of carbonyl (C=O) groups is 1. The third-order valence-corrected chi connectivity index (χ3v) is 4.93. The summed E-state index contributed by atoms with van der Waals surface area (Å²) in [7, 11) is 0. The third-order valence-electron chi connectivity index (χ3n) is 4.65. The molecule has 0 aliphatic heterocycles. The Kier molecular flexibility index (Phi) is 5.68. The van der Waals surface area contributed by atoms with Crippen LogP contribution in [0.3, 0.4) is 0 Å². The van der Waals surface area contributed by atoms with Crippen molar-refractivity contribution in [3.8, 4) is 11.1 Å². The number of nitrogens with zero attached hydrogens (tertiary/aromatic N) is 3. The van der Waals surface area contributed by atoms with Crippen LogP contribution in [0, 0.1) is 10.1 Å². The van der Waals surface area contributed by atoms with Crippen LogP contribution in [-0.2, 0) is 0 Å². The maximum Gasteiger partial charge on any atom is 0.290 e. The summed E-state index contributed by atoms with van der Waals surface area (Å²) in [6.45, 7) is 0. The van der Waals surface area contributed by atoms with Crippen LogP contribution in [0.4, 0.5) is 5.69 Å². The Labute approximate surface area is 182 Å². The lowest BCUT2D eigenvalue weighted by molar-refractivity contribution is -0.385. The molecule has 0 radical (unpaired) electrons. The van der Waals surface area contributed by atoms with E-state index in [1.54, 1.807) is 12.1 Å². The summed E-state index contributed by atoms with van der Waals surface area (Å²) in [4.78, 5) is 27.9. The lowest BCUT2D eigenvalue weighted by Gasteiger charge is -2.13. The Morgan fingerprint density at radius 2 is 1.61 bits per heavy atom. The van der Waals surface area contributed by atoms with Crippen molar-refractivity contribution in [2.24, 2.45) is 5.10 Å². The molecule has 0 fully saturated rings. The summed E-state index contributed by atoms with van der Waals surface area (Å²) in [5.41, 5.74) is 4.09. The van der Waals surface area contributed by atoms with Gasteiger partial charge in [-0.3, -0.25) is 14.9 Å². The fourth-order valence-electron chi connectivity index (χ4n) is 3.26. The van der Waals surface area contributed by atoms with Gasteiger partial charge >= 0.3 is 0 Å². The zero-order valence-corrected chi connectivity index (χ0v) is 16.8. The highest BCUT2D eigenvalue weighted by atomic mass is 35.5. The molecular formula is C23H15ClN4O3. The molecule has 1 amide bonds. The third kappa shape index (κ3) is 4.12. The van der Waals surface area contributed by atoms with Crippen molar-refractivity contribution in [1.29, 1.82) is 0 Å². The number of hydrogen-bond donors (Lipinski definition) is 1. The van der Waals surface area contributed by atoms with E-state index in [9.17, 15) is 14.9 Å². The van der Waals surface area contributed by atoms with Crippen LogP contribution in [0.5, 0.6) is 0 Å². The van der Waals surface area contributed by atoms with Gasteiger partial charge in [-0.1, -0.05) is 78.3 Å². The van der Waals surface area contributed by atoms with Crippen LogP contribution < -0.4 is 5.43 Å². The molecule has 1 aromatic heterocycles. The molecule has 0 aliphatic rings. The molecule has 0 aliphatic carbocycles. The normalized spacial score (nSPS) is 11.0. The SMILES string of the molecule is O=C(N/N=C/c1ccccc1[N+](=O)[O-])c1nc(Cl)c2ccccc2c1-c1ccccc1. The number of hydrogen-bond acceptors (Lipinski definition) is 5. The molecule has 0 bridgehead atoms. The first-order chi connectivity index (χ1) is 15.1. The molecule has 0 saturated carbocycles. The van der Waals surface area contributed by atoms with Crippen molar-refractivity contribution in [2.75, 3.05) is 0 Å². The summed E-state index contributed by atoms with van der Waals surface area (Å²) in [6.07, 6.45) is 1.22. The van der Waals surface area contributed by atoms with Gasteiger partial charge in [-0.2, -0.15) is 5.10 Å². The van der Waals surface area contributed by atoms with Gasteiger partial charge in [0.05, 0.1) is 16.7 Å². The zero-order chi connectivity index (χ0) is 21.8. The first-order valence-corrected chi connectivity index (χ1v) is 9.64. The monoisotopic (exact) mass is 430 g/mol. The maximum absolute atomic E-state index is 13.0. The van der Waals surface area contributed by atoms with Crippen LogP contribution in [-0.4, -0.2) is 22.0 Å². The van der Waals surface area contributed by atoms with Crippen LogP contribution in [0.25, 0.3) is 21.9 Å². The van der Waals surface area contributed by atoms with Gasteiger partial charge in [0.1, 0.15) is 10.8 Å². The number of amides is 1. The highest BCUT2D eigenvalue weighted by molar-refractivity contribution is 6.35. The summed E-state index contributed by atoms with van der Waals surface area (Å²) in [5.74, 6) is -0.582. The van der Waals surface area contributed by atoms with Gasteiger partial charge in [0.15, 0.2) is 0 Å². The predicted molar refractivity (Wildman–Crippen MR) is 120 cm³/mol. The largest absolute Gasteiger partial charge is 0.290 e. The smallest absolute Gasteiger partial charge is 0.266 e. The number of para-hydroxylation sites is 1. The van der Waals surface area contributed by atoms with Gasteiger partial charge in [-0.15, -0.1) is 0 Å². The predicted octanol–water partition coefficient (Wildman–Crippen LogP) is 5.23. The molecule has 31 heavy (non-hydrogen) atoms. The number of hydrazone groups is 1. The van der Waals surface area contributed by atoms with Crippen LogP contribution >= 0.6 is 11.6 Å². The lowest BCUT2D eigenvalue weighted by Crippen LogP contribution is -2.20. The van der Waals surface area contributed by atoms with Gasteiger partial charge in [-0.25, -0.2) is 10.4 Å². The van der Waals surface area contributed by atoms with E-state index in [2.05, 4.69) is 15.5 Å². The Hall–Kier alpha value is -4.10. The number of nitro groups is 1. The second-order valence-corrected chi connectivity index (χ2v) is 6.91. The molecule has 0 saturated heterocycles. The molecule has 4 rings (SSSR count). The fourth-order valence-corrected chi connectivity index (χ4v) is 3.51. The summed E-state index contributed by atoms with van der Waals surface area (Å²) >= 11 is 6.35. The average molecular weight is 431 g/mol. The van der Waals surface area contributed by atoms with Gasteiger partial charge in [0.25, 0.3) is 11.6 Å². The van der Waals surface area contributed by atoms with E-state index in [-0.39, 0.29) is 22.1 Å². The van der Waals surface area contributed by atoms with Gasteiger partial charge < -0.3 is 0 Å². The molecule has 8 heteroatoms. The molecule has 1 N–H and O–H groups in total. The van der Waals surface area contributed by atoms with E-state index in [0.29, 0.717) is 5.56 Å². The molecule has 0 atom stereocenters. The topological polar surface area (TPSA) is 97.5 Å². The van der Waals surface area contributed by atoms with Crippen molar-refractivity contribution in [3.63, 3.8) is 0 Å². The second-order valence-electron chi connectivity index (χ2n) is 6.55. The van der Waals surface area contributed by atoms with Crippen LogP contribution in [0.2, 0.25) is 5.15 Å². The highest BCUT2D eigenvalue weighted by Gasteiger charge is 2.20. The minimum atomic E-state index is -0.582. The van der Waals surface area contributed by atoms with Crippen molar-refractivity contribution in [3.05, 3.63) is 105 Å². The zero-order valence-electron chi connectivity index (χ0n) is 16.0. The van der Waals surface area contributed by atoms with E-state index in [1.807, 2.05) is 54.6 Å². The molecule has 1 heterocycles. The first-order valence-electron chi connectivity index (χ1n) is 9.26. The number of rotatable bonds is 5. The highest BCUT2D eigenvalue weighted by Crippen LogP contribution is 2.34. The number of nitrogens with one attached hydrogen (secondary N) is 1. The van der Waals surface area contributed by atoms with Gasteiger partial charge in [0.2, 0.25) is 0 Å². The number of fused-ring (bicyclic) bond motifs is 1. The average Bonchev–Trinajstić information content (AvgIpc) is 2.79. The van der Waals surface area contributed by atoms with Crippen molar-refractivity contribution in [1.82, 2.24) is 10.4 Å². The van der Waals surface area contributed by atoms with Crippen LogP contribution in [0.15, 0.2) is 84.0 Å². The van der Waals surface area contributed by atoms with E-state index in [0.717, 1.165) is 16.3 Å². The van der Waals surface area contributed by atoms with Crippen molar-refractivity contribution < 1.29 is 9.72 Å². The quantitative estimate of drug-likeness (QED) is 0.203. The number of nitro benzene ring substituents is 1. The minimum absolute atomic E-state index is 0.106. The molecule has 152 valence electrons. The van der Waals surface area contributed by atoms with Crippen molar-refractivity contribution >= 4 is 40.2 Å².